The normalized spacial score (nSPS) is 13.2. The molecule has 6 nitrogen and oxygen atoms in total. The third kappa shape index (κ3) is 12.6. The van der Waals surface area contributed by atoms with Gasteiger partial charge in [0, 0.05) is 12.2 Å². The topological polar surface area (TPSA) is 71.1 Å². The highest BCUT2D eigenvalue weighted by Gasteiger charge is 2.37. The largest absolute Gasteiger partial charge is 0.466 e. The van der Waals surface area contributed by atoms with Crippen LogP contribution >= 0.6 is 0 Å². The Bertz CT molecular complexity index is 455. The highest BCUT2D eigenvalue weighted by Crippen LogP contribution is 2.23. The quantitative estimate of drug-likeness (QED) is 0.245. The molecule has 0 aromatic carbocycles. The van der Waals surface area contributed by atoms with E-state index >= 15 is 0 Å². The Morgan fingerprint density at radius 2 is 1.42 bits per heavy atom. The number of ether oxygens (including phenoxy) is 2. The number of rotatable bonds is 10. The molecule has 0 N–H and O–H groups in total. The first kappa shape index (κ1) is 23.3. The molecule has 0 bridgehead atoms. The maximum Gasteiger partial charge on any atom is 0.331 e. The Morgan fingerprint density at radius 3 is 1.92 bits per heavy atom. The summed E-state index contributed by atoms with van der Waals surface area (Å²) in [6, 6.07) is 0.881. The molecule has 0 atom stereocenters. The summed E-state index contributed by atoms with van der Waals surface area (Å²) in [6.45, 7) is 15.3. The summed E-state index contributed by atoms with van der Waals surface area (Å²) in [7, 11) is -4.38. The maximum absolute atomic E-state index is 11.4. The van der Waals surface area contributed by atoms with Crippen molar-refractivity contribution in [3.05, 3.63) is 12.2 Å². The second-order valence-corrected chi connectivity index (χ2v) is 20.3. The van der Waals surface area contributed by atoms with E-state index < -0.39 is 37.1 Å². The summed E-state index contributed by atoms with van der Waals surface area (Å²) in [5, 5.41) is 0. The summed E-state index contributed by atoms with van der Waals surface area (Å²) < 4.78 is 22.1. The van der Waals surface area contributed by atoms with Crippen LogP contribution in [-0.4, -0.2) is 50.9 Å². The molecule has 0 aromatic rings. The summed E-state index contributed by atoms with van der Waals surface area (Å²) in [6.07, 6.45) is 2.85. The lowest BCUT2D eigenvalue weighted by atomic mass is 10.5. The Kier molecular flexibility index (Phi) is 9.36. The van der Waals surface area contributed by atoms with Crippen molar-refractivity contribution in [2.24, 2.45) is 0 Å². The molecule has 0 amide bonds. The number of methoxy groups -OCH3 is 1. The lowest BCUT2D eigenvalue weighted by molar-refractivity contribution is -0.139. The van der Waals surface area contributed by atoms with E-state index in [4.69, 9.17) is 13.0 Å². The summed E-state index contributed by atoms with van der Waals surface area (Å²) in [5.74, 6) is -1.12. The Labute approximate surface area is 149 Å². The molecule has 0 heterocycles. The van der Waals surface area contributed by atoms with Gasteiger partial charge < -0.3 is 17.7 Å². The molecule has 0 fully saturated rings. The molecule has 0 aromatic heterocycles. The zero-order chi connectivity index (χ0) is 19.0. The molecule has 0 aliphatic heterocycles. The SMILES string of the molecule is COC(=O)/C=C/C(=O)OCCC[Si](C)(C)O[Si](C)(C)O[Si](C)(C)C. The van der Waals surface area contributed by atoms with Gasteiger partial charge in [-0.25, -0.2) is 9.59 Å². The molecule has 0 aliphatic carbocycles. The van der Waals surface area contributed by atoms with Crippen LogP contribution in [0.5, 0.6) is 0 Å². The summed E-state index contributed by atoms with van der Waals surface area (Å²) in [4.78, 5) is 22.3. The predicted molar refractivity (Wildman–Crippen MR) is 102 cm³/mol. The standard InChI is InChI=1S/C15H32O6Si3/c1-18-14(16)10-11-15(17)19-12-9-13-23(5,6)21-24(7,8)20-22(2,3)4/h10-11H,9,12-13H2,1-8H3/b11-10+. The zero-order valence-corrected chi connectivity index (χ0v) is 19.2. The molecule has 0 saturated carbocycles. The number of carbonyl (C=O) groups is 2. The van der Waals surface area contributed by atoms with Crippen LogP contribution in [-0.2, 0) is 27.3 Å². The first-order valence-corrected chi connectivity index (χ1v) is 17.4. The number of carbonyl (C=O) groups excluding carboxylic acids is 2. The van der Waals surface area contributed by atoms with E-state index in [-0.39, 0.29) is 0 Å². The van der Waals surface area contributed by atoms with Gasteiger partial charge in [-0.2, -0.15) is 0 Å². The lowest BCUT2D eigenvalue weighted by Crippen LogP contribution is -2.51. The van der Waals surface area contributed by atoms with Crippen LogP contribution in [0.1, 0.15) is 6.42 Å². The van der Waals surface area contributed by atoms with Crippen LogP contribution in [0.3, 0.4) is 0 Å². The smallest absolute Gasteiger partial charge is 0.331 e. The van der Waals surface area contributed by atoms with Crippen molar-refractivity contribution in [3.8, 4) is 0 Å². The van der Waals surface area contributed by atoms with Crippen molar-refractivity contribution in [2.75, 3.05) is 13.7 Å². The van der Waals surface area contributed by atoms with Gasteiger partial charge in [0.1, 0.15) is 0 Å². The van der Waals surface area contributed by atoms with Gasteiger partial charge in [0.2, 0.25) is 0 Å². The third-order valence-electron chi connectivity index (χ3n) is 2.80. The van der Waals surface area contributed by atoms with E-state index in [9.17, 15) is 9.59 Å². The number of hydrogen-bond donors (Lipinski definition) is 0. The molecule has 0 spiro atoms. The predicted octanol–water partition coefficient (Wildman–Crippen LogP) is 3.42. The van der Waals surface area contributed by atoms with E-state index in [0.717, 1.165) is 24.6 Å². The van der Waals surface area contributed by atoms with E-state index in [1.807, 2.05) is 0 Å². The first-order chi connectivity index (χ1) is 10.8. The summed E-state index contributed by atoms with van der Waals surface area (Å²) in [5.41, 5.74) is 0. The van der Waals surface area contributed by atoms with Gasteiger partial charge >= 0.3 is 20.5 Å². The molecule has 0 unspecified atom stereocenters. The molecular formula is C15H32O6Si3. The number of hydrogen-bond acceptors (Lipinski definition) is 6. The molecule has 0 radical (unpaired) electrons. The van der Waals surface area contributed by atoms with E-state index in [1.54, 1.807) is 0 Å². The van der Waals surface area contributed by atoms with Gasteiger partial charge in [0.25, 0.3) is 0 Å². The monoisotopic (exact) mass is 392 g/mol. The fraction of sp³-hybridized carbons (Fsp3) is 0.733. The average Bonchev–Trinajstić information content (AvgIpc) is 2.36. The molecule has 0 rings (SSSR count). The van der Waals surface area contributed by atoms with Crippen molar-refractivity contribution in [1.82, 2.24) is 0 Å². The van der Waals surface area contributed by atoms with Crippen molar-refractivity contribution in [2.45, 2.75) is 58.3 Å². The van der Waals surface area contributed by atoms with Crippen LogP contribution in [0.15, 0.2) is 12.2 Å². The van der Waals surface area contributed by atoms with Gasteiger partial charge in [-0.15, -0.1) is 0 Å². The number of esters is 2. The van der Waals surface area contributed by atoms with Crippen LogP contribution in [0.2, 0.25) is 51.9 Å². The van der Waals surface area contributed by atoms with Crippen LogP contribution in [0.25, 0.3) is 0 Å². The minimum Gasteiger partial charge on any atom is -0.466 e. The third-order valence-corrected chi connectivity index (χ3v) is 12.9. The van der Waals surface area contributed by atoms with Gasteiger partial charge in [0.15, 0.2) is 16.6 Å². The van der Waals surface area contributed by atoms with E-state index in [0.29, 0.717) is 6.61 Å². The fourth-order valence-corrected chi connectivity index (χ4v) is 15.6. The van der Waals surface area contributed by atoms with Gasteiger partial charge in [0.05, 0.1) is 13.7 Å². The molecule has 9 heteroatoms. The van der Waals surface area contributed by atoms with Crippen molar-refractivity contribution in [1.29, 1.82) is 0 Å². The molecule has 0 saturated heterocycles. The zero-order valence-electron chi connectivity index (χ0n) is 16.2. The van der Waals surface area contributed by atoms with Crippen LogP contribution in [0.4, 0.5) is 0 Å². The van der Waals surface area contributed by atoms with Crippen LogP contribution < -0.4 is 0 Å². The first-order valence-electron chi connectivity index (χ1n) is 8.09. The van der Waals surface area contributed by atoms with Gasteiger partial charge in [-0.3, -0.25) is 0 Å². The van der Waals surface area contributed by atoms with E-state index in [1.165, 1.54) is 7.11 Å². The minimum atomic E-state index is -2.13. The molecule has 140 valence electrons. The average molecular weight is 393 g/mol. The van der Waals surface area contributed by atoms with E-state index in [2.05, 4.69) is 50.6 Å². The second kappa shape index (κ2) is 9.66. The molecule has 0 aliphatic rings. The maximum atomic E-state index is 11.4. The van der Waals surface area contributed by atoms with Crippen molar-refractivity contribution < 1.29 is 27.3 Å². The van der Waals surface area contributed by atoms with Crippen molar-refractivity contribution in [3.63, 3.8) is 0 Å². The lowest BCUT2D eigenvalue weighted by Gasteiger charge is -2.37. The highest BCUT2D eigenvalue weighted by atomic mass is 28.5. The minimum absolute atomic E-state index is 0.307. The van der Waals surface area contributed by atoms with Gasteiger partial charge in [-0.05, 0) is 58.3 Å². The Balaban J connectivity index is 4.23. The molecular weight excluding hydrogens is 360 g/mol. The highest BCUT2D eigenvalue weighted by molar-refractivity contribution is 6.87. The van der Waals surface area contributed by atoms with Crippen molar-refractivity contribution >= 4 is 37.1 Å². The Hall–Kier alpha value is -0.749. The Morgan fingerprint density at radius 1 is 0.875 bits per heavy atom. The fourth-order valence-electron chi connectivity index (χ4n) is 2.40. The summed E-state index contributed by atoms with van der Waals surface area (Å²) >= 11 is 0. The van der Waals surface area contributed by atoms with Crippen LogP contribution in [0, 0.1) is 0 Å². The van der Waals surface area contributed by atoms with Gasteiger partial charge in [-0.1, -0.05) is 0 Å². The second-order valence-electron chi connectivity index (χ2n) is 7.60. The molecule has 24 heavy (non-hydrogen) atoms.